The van der Waals surface area contributed by atoms with E-state index < -0.39 is 16.8 Å². The Morgan fingerprint density at radius 2 is 1.79 bits per heavy atom. The van der Waals surface area contributed by atoms with Crippen LogP contribution in [0.3, 0.4) is 0 Å². The summed E-state index contributed by atoms with van der Waals surface area (Å²) in [7, 11) is 0. The van der Waals surface area contributed by atoms with E-state index in [1.54, 1.807) is 36.1 Å². The number of benzene rings is 1. The quantitative estimate of drug-likeness (QED) is 0.782. The molecule has 132 valence electrons. The lowest BCUT2D eigenvalue weighted by Gasteiger charge is -2.34. The SMILES string of the molecule is CC(Oc1ccc(Cl)cc1)C(=O)N1CCC(NC(=O)C(Cl)Cl)CC1. The topological polar surface area (TPSA) is 58.6 Å². The highest BCUT2D eigenvalue weighted by molar-refractivity contribution is 6.53. The first-order valence-corrected chi connectivity index (χ1v) is 8.91. The van der Waals surface area contributed by atoms with Crippen LogP contribution in [-0.4, -0.2) is 46.8 Å². The number of rotatable bonds is 5. The summed E-state index contributed by atoms with van der Waals surface area (Å²) in [5, 5.41) is 3.38. The Morgan fingerprint density at radius 3 is 2.33 bits per heavy atom. The Morgan fingerprint density at radius 1 is 1.21 bits per heavy atom. The molecule has 1 aliphatic rings. The van der Waals surface area contributed by atoms with Gasteiger partial charge in [-0.25, -0.2) is 0 Å². The van der Waals surface area contributed by atoms with Crippen molar-refractivity contribution in [3.8, 4) is 5.75 Å². The molecule has 1 fully saturated rings. The number of carbonyl (C=O) groups excluding carboxylic acids is 2. The second-order valence-electron chi connectivity index (χ2n) is 5.62. The third-order valence-corrected chi connectivity index (χ3v) is 4.47. The number of ether oxygens (including phenoxy) is 1. The molecule has 1 unspecified atom stereocenters. The highest BCUT2D eigenvalue weighted by Gasteiger charge is 2.28. The molecule has 5 nitrogen and oxygen atoms in total. The van der Waals surface area contributed by atoms with E-state index in [9.17, 15) is 9.59 Å². The predicted octanol–water partition coefficient (Wildman–Crippen LogP) is 3.02. The smallest absolute Gasteiger partial charge is 0.263 e. The van der Waals surface area contributed by atoms with Gasteiger partial charge in [0.15, 0.2) is 10.9 Å². The predicted molar refractivity (Wildman–Crippen MR) is 94.8 cm³/mol. The second-order valence-corrected chi connectivity index (χ2v) is 7.16. The zero-order chi connectivity index (χ0) is 17.7. The summed E-state index contributed by atoms with van der Waals surface area (Å²) >= 11 is 16.9. The number of alkyl halides is 2. The van der Waals surface area contributed by atoms with E-state index in [1.807, 2.05) is 0 Å². The maximum Gasteiger partial charge on any atom is 0.263 e. The van der Waals surface area contributed by atoms with Gasteiger partial charge < -0.3 is 15.0 Å². The van der Waals surface area contributed by atoms with Gasteiger partial charge in [0.05, 0.1) is 0 Å². The fraction of sp³-hybridized carbons (Fsp3) is 0.500. The molecule has 2 amide bonds. The molecular weight excluding hydrogens is 375 g/mol. The summed E-state index contributed by atoms with van der Waals surface area (Å²) in [6.45, 7) is 2.82. The summed E-state index contributed by atoms with van der Waals surface area (Å²) in [6, 6.07) is 6.85. The number of hydrogen-bond donors (Lipinski definition) is 1. The van der Waals surface area contributed by atoms with Crippen molar-refractivity contribution in [2.24, 2.45) is 0 Å². The van der Waals surface area contributed by atoms with Crippen LogP contribution < -0.4 is 10.1 Å². The molecule has 2 rings (SSSR count). The fourth-order valence-electron chi connectivity index (χ4n) is 2.53. The molecule has 0 spiro atoms. The number of amides is 2. The molecule has 0 bridgehead atoms. The Kier molecular flexibility index (Phi) is 7.02. The van der Waals surface area contributed by atoms with E-state index in [0.29, 0.717) is 36.7 Å². The van der Waals surface area contributed by atoms with E-state index in [0.717, 1.165) is 0 Å². The summed E-state index contributed by atoms with van der Waals surface area (Å²) in [4.78, 5) is 24.6. The average Bonchev–Trinajstić information content (AvgIpc) is 2.56. The van der Waals surface area contributed by atoms with Crippen molar-refractivity contribution in [1.82, 2.24) is 10.2 Å². The second kappa shape index (κ2) is 8.79. The number of halogens is 3. The van der Waals surface area contributed by atoms with Crippen molar-refractivity contribution in [1.29, 1.82) is 0 Å². The minimum absolute atomic E-state index is 0.0194. The number of nitrogens with one attached hydrogen (secondary N) is 1. The van der Waals surface area contributed by atoms with Crippen LogP contribution in [0.5, 0.6) is 5.75 Å². The lowest BCUT2D eigenvalue weighted by atomic mass is 10.0. The van der Waals surface area contributed by atoms with E-state index in [1.165, 1.54) is 0 Å². The van der Waals surface area contributed by atoms with E-state index in [-0.39, 0.29) is 11.9 Å². The maximum absolute atomic E-state index is 12.5. The molecule has 0 saturated carbocycles. The zero-order valence-electron chi connectivity index (χ0n) is 13.2. The van der Waals surface area contributed by atoms with E-state index >= 15 is 0 Å². The monoisotopic (exact) mass is 392 g/mol. The first kappa shape index (κ1) is 19.2. The van der Waals surface area contributed by atoms with Gasteiger partial charge in [0.25, 0.3) is 11.8 Å². The molecule has 0 radical (unpaired) electrons. The van der Waals surface area contributed by atoms with Crippen molar-refractivity contribution in [2.45, 2.75) is 36.7 Å². The van der Waals surface area contributed by atoms with Crippen molar-refractivity contribution in [2.75, 3.05) is 13.1 Å². The summed E-state index contributed by atoms with van der Waals surface area (Å²) in [5.41, 5.74) is 0. The number of carbonyl (C=O) groups is 2. The molecule has 1 aromatic carbocycles. The molecule has 1 aromatic rings. The molecule has 1 heterocycles. The molecule has 1 aliphatic heterocycles. The van der Waals surface area contributed by atoms with Gasteiger partial charge in [0.2, 0.25) is 0 Å². The Bertz CT molecular complexity index is 572. The van der Waals surface area contributed by atoms with Crippen LogP contribution >= 0.6 is 34.8 Å². The summed E-state index contributed by atoms with van der Waals surface area (Å²) in [5.74, 6) is 0.113. The molecule has 1 N–H and O–H groups in total. The van der Waals surface area contributed by atoms with Crippen molar-refractivity contribution in [3.63, 3.8) is 0 Å². The molecule has 24 heavy (non-hydrogen) atoms. The van der Waals surface area contributed by atoms with Gasteiger partial charge in [-0.1, -0.05) is 34.8 Å². The van der Waals surface area contributed by atoms with Gasteiger partial charge >= 0.3 is 0 Å². The number of nitrogens with zero attached hydrogens (tertiary/aromatic N) is 1. The lowest BCUT2D eigenvalue weighted by molar-refractivity contribution is -0.139. The number of piperidine rings is 1. The van der Waals surface area contributed by atoms with Gasteiger partial charge in [-0.2, -0.15) is 0 Å². The third-order valence-electron chi connectivity index (χ3n) is 3.83. The standard InChI is InChI=1S/C16H19Cl3N2O3/c1-10(24-13-4-2-11(17)3-5-13)16(23)21-8-6-12(7-9-21)20-15(22)14(18)19/h2-5,10,12,14H,6-9H2,1H3,(H,20,22). The molecule has 0 aromatic heterocycles. The first-order chi connectivity index (χ1) is 11.4. The van der Waals surface area contributed by atoms with Crippen LogP contribution in [0.2, 0.25) is 5.02 Å². The van der Waals surface area contributed by atoms with Crippen LogP contribution in [0, 0.1) is 0 Å². The molecule has 1 atom stereocenters. The minimum atomic E-state index is -1.07. The normalized spacial score (nSPS) is 16.8. The van der Waals surface area contributed by atoms with Crippen LogP contribution in [0.4, 0.5) is 0 Å². The Balaban J connectivity index is 1.81. The van der Waals surface area contributed by atoms with Crippen LogP contribution in [0.15, 0.2) is 24.3 Å². The molecular formula is C16H19Cl3N2O3. The van der Waals surface area contributed by atoms with Crippen molar-refractivity contribution >= 4 is 46.6 Å². The average molecular weight is 394 g/mol. The largest absolute Gasteiger partial charge is 0.481 e. The minimum Gasteiger partial charge on any atom is -0.481 e. The summed E-state index contributed by atoms with van der Waals surface area (Å²) in [6.07, 6.45) is 0.726. The van der Waals surface area contributed by atoms with Gasteiger partial charge in [0.1, 0.15) is 5.75 Å². The van der Waals surface area contributed by atoms with Crippen molar-refractivity contribution < 1.29 is 14.3 Å². The molecule has 1 saturated heterocycles. The zero-order valence-corrected chi connectivity index (χ0v) is 15.4. The summed E-state index contributed by atoms with van der Waals surface area (Å²) < 4.78 is 5.65. The van der Waals surface area contributed by atoms with E-state index in [2.05, 4.69) is 5.32 Å². The number of likely N-dealkylation sites (tertiary alicyclic amines) is 1. The molecule has 8 heteroatoms. The maximum atomic E-state index is 12.5. The van der Waals surface area contributed by atoms with Gasteiger partial charge in [-0.05, 0) is 44.0 Å². The number of hydrogen-bond acceptors (Lipinski definition) is 3. The van der Waals surface area contributed by atoms with E-state index in [4.69, 9.17) is 39.5 Å². The van der Waals surface area contributed by atoms with Gasteiger partial charge in [-0.15, -0.1) is 0 Å². The Labute approximate surface area is 156 Å². The van der Waals surface area contributed by atoms with Crippen molar-refractivity contribution in [3.05, 3.63) is 29.3 Å². The third kappa shape index (κ3) is 5.43. The fourth-order valence-corrected chi connectivity index (χ4v) is 2.79. The van der Waals surface area contributed by atoms with Gasteiger partial charge in [-0.3, -0.25) is 9.59 Å². The lowest BCUT2D eigenvalue weighted by Crippen LogP contribution is -2.50. The highest BCUT2D eigenvalue weighted by atomic mass is 35.5. The van der Waals surface area contributed by atoms with Gasteiger partial charge in [0, 0.05) is 24.2 Å². The highest BCUT2D eigenvalue weighted by Crippen LogP contribution is 2.19. The first-order valence-electron chi connectivity index (χ1n) is 7.66. The van der Waals surface area contributed by atoms with Crippen LogP contribution in [0.1, 0.15) is 19.8 Å². The Hall–Kier alpha value is -1.17. The molecule has 0 aliphatic carbocycles. The van der Waals surface area contributed by atoms with Crippen LogP contribution in [-0.2, 0) is 9.59 Å². The van der Waals surface area contributed by atoms with Crippen LogP contribution in [0.25, 0.3) is 0 Å².